The molecule has 0 unspecified atom stereocenters. The van der Waals surface area contributed by atoms with Crippen molar-refractivity contribution in [2.24, 2.45) is 0 Å². The molecule has 208 valence electrons. The highest BCUT2D eigenvalue weighted by atomic mass is 79.9. The number of amides is 1. The molecule has 1 heterocycles. The lowest BCUT2D eigenvalue weighted by molar-refractivity contribution is -0.126. The first-order valence-corrected chi connectivity index (χ1v) is 13.0. The summed E-state index contributed by atoms with van der Waals surface area (Å²) in [5.41, 5.74) is -1.43. The summed E-state index contributed by atoms with van der Waals surface area (Å²) in [4.78, 5) is 26.2. The average Bonchev–Trinajstić information content (AvgIpc) is 3.17. The maximum absolute atomic E-state index is 14.8. The lowest BCUT2D eigenvalue weighted by Crippen LogP contribution is -2.37. The van der Waals surface area contributed by atoms with Gasteiger partial charge in [0.2, 0.25) is 0 Å². The Morgan fingerprint density at radius 2 is 1.82 bits per heavy atom. The third kappa shape index (κ3) is 7.42. The second-order valence-electron chi connectivity index (χ2n) is 9.18. The number of hydrogen-bond acceptors (Lipinski definition) is 6. The quantitative estimate of drug-likeness (QED) is 0.166. The third-order valence-corrected chi connectivity index (χ3v) is 7.28. The molecule has 6 nitrogen and oxygen atoms in total. The van der Waals surface area contributed by atoms with Gasteiger partial charge in [-0.3, -0.25) is 4.90 Å². The Bertz CT molecular complexity index is 1470. The fourth-order valence-electron chi connectivity index (χ4n) is 3.56. The fraction of sp³-hybridized carbons (Fsp3) is 0.333. The van der Waals surface area contributed by atoms with Crippen LogP contribution < -0.4 is 9.64 Å². The first kappa shape index (κ1) is 30.2. The van der Waals surface area contributed by atoms with Gasteiger partial charge in [0.25, 0.3) is 0 Å². The molecule has 0 N–H and O–H groups in total. The first-order chi connectivity index (χ1) is 18.1. The van der Waals surface area contributed by atoms with Crippen LogP contribution in [0.2, 0.25) is 0 Å². The number of carbonyl (C=O) groups is 2. The van der Waals surface area contributed by atoms with E-state index >= 15 is 0 Å². The Morgan fingerprint density at radius 1 is 1.13 bits per heavy atom. The summed E-state index contributed by atoms with van der Waals surface area (Å²) >= 11 is 4.45. The molecule has 2 aromatic carbocycles. The van der Waals surface area contributed by atoms with Gasteiger partial charge in [0.05, 0.1) is 48.0 Å². The van der Waals surface area contributed by atoms with E-state index in [0.29, 0.717) is 14.6 Å². The maximum Gasteiger partial charge on any atom is 0.415 e. The maximum atomic E-state index is 14.8. The molecule has 0 spiro atoms. The van der Waals surface area contributed by atoms with E-state index < -0.39 is 41.6 Å². The Kier molecular flexibility index (Phi) is 9.18. The minimum atomic E-state index is -4.47. The van der Waals surface area contributed by atoms with Crippen LogP contribution in [0.5, 0.6) is 5.75 Å². The molecule has 0 radical (unpaired) electrons. The Balaban J connectivity index is 2.10. The molecular weight excluding hydrogens is 606 g/mol. The largest absolute Gasteiger partial charge is 0.495 e. The number of hydrogen-bond donors (Lipinski definition) is 0. The van der Waals surface area contributed by atoms with Crippen LogP contribution in [-0.4, -0.2) is 44.6 Å². The van der Waals surface area contributed by atoms with Crippen molar-refractivity contribution in [3.8, 4) is 17.6 Å². The second-order valence-corrected chi connectivity index (χ2v) is 11.1. The molecule has 1 aromatic heterocycles. The van der Waals surface area contributed by atoms with Crippen LogP contribution in [0.25, 0.3) is 10.1 Å². The smallest absolute Gasteiger partial charge is 0.415 e. The van der Waals surface area contributed by atoms with Gasteiger partial charge >= 0.3 is 18.2 Å². The number of esters is 1. The molecular formula is C27H24BrF4NO5S. The number of carbonyl (C=O) groups excluding carboxylic acids is 2. The van der Waals surface area contributed by atoms with E-state index in [0.717, 1.165) is 35.5 Å². The van der Waals surface area contributed by atoms with Gasteiger partial charge in [-0.1, -0.05) is 24.0 Å². The van der Waals surface area contributed by atoms with Gasteiger partial charge in [-0.15, -0.1) is 11.3 Å². The molecule has 0 aliphatic heterocycles. The van der Waals surface area contributed by atoms with Crippen molar-refractivity contribution in [3.05, 3.63) is 56.6 Å². The number of halogens is 5. The molecule has 0 fully saturated rings. The molecule has 1 amide bonds. The SMILES string of the molecule is COC(=O)c1cc(OC)c(N(CC#Cc2sc3c(Br)cccc3c2CC(F)(F)F)C(=O)OC(C)(C)C)cc1F. The molecule has 0 atom stereocenters. The van der Waals surface area contributed by atoms with Crippen LogP contribution >= 0.6 is 27.3 Å². The lowest BCUT2D eigenvalue weighted by atomic mass is 10.1. The zero-order chi connectivity index (χ0) is 29.1. The number of benzene rings is 2. The van der Waals surface area contributed by atoms with Crippen LogP contribution in [-0.2, 0) is 15.9 Å². The molecule has 0 bridgehead atoms. The topological polar surface area (TPSA) is 65.1 Å². The molecule has 3 rings (SSSR count). The van der Waals surface area contributed by atoms with Crippen molar-refractivity contribution in [1.29, 1.82) is 0 Å². The summed E-state index contributed by atoms with van der Waals surface area (Å²) in [6, 6.07) is 6.93. The Morgan fingerprint density at radius 3 is 2.41 bits per heavy atom. The van der Waals surface area contributed by atoms with Gasteiger partial charge in [0.15, 0.2) is 0 Å². The Labute approximate surface area is 235 Å². The van der Waals surface area contributed by atoms with E-state index in [-0.39, 0.29) is 28.4 Å². The highest BCUT2D eigenvalue weighted by molar-refractivity contribution is 9.10. The van der Waals surface area contributed by atoms with Crippen LogP contribution in [0.15, 0.2) is 34.8 Å². The Hall–Kier alpha value is -3.30. The van der Waals surface area contributed by atoms with Crippen LogP contribution in [0.1, 0.15) is 41.6 Å². The summed E-state index contributed by atoms with van der Waals surface area (Å²) in [6.45, 7) is 4.51. The standard InChI is InChI=1S/C27H24BrF4NO5S/c1-26(2,3)38-25(35)33(20-13-19(29)16(24(34)37-5)12-21(20)36-4)11-7-10-22-17(14-27(30,31)32)15-8-6-9-18(28)23(15)39-22/h6,8-9,12-13H,11,14H2,1-5H3. The third-order valence-electron chi connectivity index (χ3n) is 5.17. The summed E-state index contributed by atoms with van der Waals surface area (Å²) in [5.74, 6) is 3.49. The van der Waals surface area contributed by atoms with Gasteiger partial charge in [0, 0.05) is 10.5 Å². The van der Waals surface area contributed by atoms with E-state index in [1.54, 1.807) is 39.0 Å². The van der Waals surface area contributed by atoms with Crippen LogP contribution in [0.4, 0.5) is 28.0 Å². The molecule has 0 aliphatic carbocycles. The van der Waals surface area contributed by atoms with Crippen molar-refractivity contribution >= 4 is 55.1 Å². The van der Waals surface area contributed by atoms with Gasteiger partial charge in [-0.2, -0.15) is 13.2 Å². The predicted octanol–water partition coefficient (Wildman–Crippen LogP) is 7.50. The highest BCUT2D eigenvalue weighted by Crippen LogP contribution is 2.39. The zero-order valence-electron chi connectivity index (χ0n) is 21.6. The zero-order valence-corrected chi connectivity index (χ0v) is 24.0. The van der Waals surface area contributed by atoms with Crippen molar-refractivity contribution in [2.45, 2.75) is 39.0 Å². The van der Waals surface area contributed by atoms with Gasteiger partial charge < -0.3 is 14.2 Å². The summed E-state index contributed by atoms with van der Waals surface area (Å²) in [6.07, 6.45) is -6.56. The number of rotatable bonds is 5. The summed E-state index contributed by atoms with van der Waals surface area (Å²) in [7, 11) is 2.35. The molecule has 12 heteroatoms. The van der Waals surface area contributed by atoms with Gasteiger partial charge in [-0.25, -0.2) is 14.0 Å². The van der Waals surface area contributed by atoms with Crippen LogP contribution in [0.3, 0.4) is 0 Å². The van der Waals surface area contributed by atoms with E-state index in [9.17, 15) is 27.2 Å². The number of alkyl halides is 3. The minimum absolute atomic E-state index is 0.0196. The molecule has 3 aromatic rings. The molecule has 0 saturated heterocycles. The van der Waals surface area contributed by atoms with Crippen molar-refractivity contribution in [3.63, 3.8) is 0 Å². The monoisotopic (exact) mass is 629 g/mol. The minimum Gasteiger partial charge on any atom is -0.495 e. The number of methoxy groups -OCH3 is 2. The first-order valence-electron chi connectivity index (χ1n) is 11.4. The molecule has 0 aliphatic rings. The second kappa shape index (κ2) is 11.8. The fourth-order valence-corrected chi connectivity index (χ4v) is 5.27. The van der Waals surface area contributed by atoms with Gasteiger partial charge in [-0.05, 0) is 59.8 Å². The predicted molar refractivity (Wildman–Crippen MR) is 144 cm³/mol. The number of ether oxygens (including phenoxy) is 3. The lowest BCUT2D eigenvalue weighted by Gasteiger charge is -2.27. The van der Waals surface area contributed by atoms with Crippen LogP contribution in [0, 0.1) is 17.7 Å². The van der Waals surface area contributed by atoms with Crippen molar-refractivity contribution < 1.29 is 41.4 Å². The van der Waals surface area contributed by atoms with E-state index in [2.05, 4.69) is 32.5 Å². The van der Waals surface area contributed by atoms with E-state index in [4.69, 9.17) is 9.47 Å². The normalized spacial score (nSPS) is 11.5. The average molecular weight is 630 g/mol. The number of thiophene rings is 1. The van der Waals surface area contributed by atoms with Crippen molar-refractivity contribution in [1.82, 2.24) is 0 Å². The number of fused-ring (bicyclic) bond motifs is 1. The summed E-state index contributed by atoms with van der Waals surface area (Å²) < 4.78 is 71.6. The molecule has 0 saturated carbocycles. The highest BCUT2D eigenvalue weighted by Gasteiger charge is 2.31. The number of nitrogens with zero attached hydrogens (tertiary/aromatic N) is 1. The van der Waals surface area contributed by atoms with E-state index in [1.165, 1.54) is 7.11 Å². The van der Waals surface area contributed by atoms with E-state index in [1.807, 2.05) is 0 Å². The van der Waals surface area contributed by atoms with Gasteiger partial charge in [0.1, 0.15) is 17.2 Å². The number of anilines is 1. The van der Waals surface area contributed by atoms with Crippen molar-refractivity contribution in [2.75, 3.05) is 25.7 Å². The summed E-state index contributed by atoms with van der Waals surface area (Å²) in [5, 5.41) is 0.419. The molecule has 39 heavy (non-hydrogen) atoms.